The SMILES string of the molecule is COC(=O)c1cc(C)c(OC(=O)c2c3cc(O)ccc3nc3cc4c(cc23)OCCO4)c(C)c1. The van der Waals surface area contributed by atoms with Crippen LogP contribution >= 0.6 is 0 Å². The van der Waals surface area contributed by atoms with Crippen molar-refractivity contribution in [3.05, 3.63) is 64.7 Å². The molecular weight excluding hydrogens is 438 g/mol. The molecular formula is C26H21NO7. The molecule has 8 heteroatoms. The number of phenolic OH excluding ortho intramolecular Hbond substituents is 1. The normalized spacial score (nSPS) is 12.6. The van der Waals surface area contributed by atoms with Crippen molar-refractivity contribution < 1.29 is 33.6 Å². The first kappa shape index (κ1) is 21.5. The number of rotatable bonds is 3. The van der Waals surface area contributed by atoms with Gasteiger partial charge in [-0.05, 0) is 61.4 Å². The molecule has 0 saturated heterocycles. The number of aryl methyl sites for hydroxylation is 2. The summed E-state index contributed by atoms with van der Waals surface area (Å²) < 4.78 is 22.0. The van der Waals surface area contributed by atoms with E-state index in [0.717, 1.165) is 0 Å². The third-order valence-electron chi connectivity index (χ3n) is 5.70. The molecule has 0 aliphatic carbocycles. The number of benzene rings is 3. The number of carbonyl (C=O) groups excluding carboxylic acids is 2. The van der Waals surface area contributed by atoms with Crippen molar-refractivity contribution in [3.63, 3.8) is 0 Å². The number of phenols is 1. The quantitative estimate of drug-likeness (QED) is 0.272. The lowest BCUT2D eigenvalue weighted by molar-refractivity contribution is 0.0600. The van der Waals surface area contributed by atoms with Gasteiger partial charge in [0.1, 0.15) is 24.7 Å². The summed E-state index contributed by atoms with van der Waals surface area (Å²) >= 11 is 0. The highest BCUT2D eigenvalue weighted by atomic mass is 16.6. The van der Waals surface area contributed by atoms with Crippen molar-refractivity contribution in [2.45, 2.75) is 13.8 Å². The van der Waals surface area contributed by atoms with Gasteiger partial charge in [0.2, 0.25) is 0 Å². The second-order valence-corrected chi connectivity index (χ2v) is 8.02. The summed E-state index contributed by atoms with van der Waals surface area (Å²) in [5, 5.41) is 11.1. The van der Waals surface area contributed by atoms with Gasteiger partial charge in [-0.2, -0.15) is 0 Å². The minimum absolute atomic E-state index is 0.00460. The molecule has 0 radical (unpaired) electrons. The minimum Gasteiger partial charge on any atom is -0.508 e. The third kappa shape index (κ3) is 3.63. The van der Waals surface area contributed by atoms with Crippen LogP contribution in [0.2, 0.25) is 0 Å². The molecule has 8 nitrogen and oxygen atoms in total. The van der Waals surface area contributed by atoms with Gasteiger partial charge in [0.25, 0.3) is 0 Å². The number of carbonyl (C=O) groups is 2. The zero-order valence-corrected chi connectivity index (χ0v) is 18.8. The van der Waals surface area contributed by atoms with Crippen LogP contribution in [0.15, 0.2) is 42.5 Å². The van der Waals surface area contributed by atoms with Crippen molar-refractivity contribution in [1.82, 2.24) is 4.98 Å². The largest absolute Gasteiger partial charge is 0.508 e. The minimum atomic E-state index is -0.628. The standard InChI is InChI=1S/C26H21NO7/c1-13-8-15(25(29)31-3)9-14(2)24(13)34-26(30)23-17-10-16(28)4-5-19(17)27-20-12-22-21(11-18(20)23)32-6-7-33-22/h4-5,8-12,28H,6-7H2,1-3H3. The Morgan fingerprint density at radius 1 is 0.882 bits per heavy atom. The van der Waals surface area contributed by atoms with E-state index in [-0.39, 0.29) is 11.3 Å². The molecule has 2 heterocycles. The number of esters is 2. The molecule has 0 bridgehead atoms. The number of aromatic nitrogens is 1. The van der Waals surface area contributed by atoms with E-state index in [1.807, 2.05) is 0 Å². The number of hydrogen-bond acceptors (Lipinski definition) is 8. The number of fused-ring (bicyclic) bond motifs is 3. The highest BCUT2D eigenvalue weighted by molar-refractivity contribution is 6.15. The van der Waals surface area contributed by atoms with E-state index in [2.05, 4.69) is 4.98 Å². The fraction of sp³-hybridized carbons (Fsp3) is 0.192. The molecule has 4 aromatic rings. The first-order chi connectivity index (χ1) is 16.4. The Morgan fingerprint density at radius 3 is 2.21 bits per heavy atom. The van der Waals surface area contributed by atoms with Gasteiger partial charge in [-0.3, -0.25) is 0 Å². The molecule has 172 valence electrons. The molecule has 1 aliphatic rings. The number of hydrogen-bond donors (Lipinski definition) is 1. The van der Waals surface area contributed by atoms with E-state index in [1.165, 1.54) is 19.2 Å². The second kappa shape index (κ2) is 8.22. The Morgan fingerprint density at radius 2 is 1.53 bits per heavy atom. The Kier molecular flexibility index (Phi) is 5.20. The predicted molar refractivity (Wildman–Crippen MR) is 124 cm³/mol. The first-order valence-corrected chi connectivity index (χ1v) is 10.6. The van der Waals surface area contributed by atoms with Crippen LogP contribution < -0.4 is 14.2 Å². The van der Waals surface area contributed by atoms with E-state index in [4.69, 9.17) is 18.9 Å². The highest BCUT2D eigenvalue weighted by Crippen LogP contribution is 2.38. The molecule has 0 saturated carbocycles. The number of aromatic hydroxyl groups is 1. The maximum absolute atomic E-state index is 13.6. The van der Waals surface area contributed by atoms with Gasteiger partial charge in [-0.15, -0.1) is 0 Å². The summed E-state index contributed by atoms with van der Waals surface area (Å²) in [6.45, 7) is 4.32. The van der Waals surface area contributed by atoms with E-state index < -0.39 is 11.9 Å². The van der Waals surface area contributed by atoms with Crippen LogP contribution in [0.3, 0.4) is 0 Å². The molecule has 0 fully saturated rings. The Balaban J connectivity index is 1.68. The monoisotopic (exact) mass is 459 g/mol. The summed E-state index contributed by atoms with van der Waals surface area (Å²) in [5.41, 5.74) is 2.86. The predicted octanol–water partition coefficient (Wildman–Crippen LogP) is 4.49. The van der Waals surface area contributed by atoms with E-state index in [0.29, 0.717) is 69.0 Å². The molecule has 0 amide bonds. The van der Waals surface area contributed by atoms with Crippen LogP contribution in [0, 0.1) is 13.8 Å². The molecule has 0 spiro atoms. The number of methoxy groups -OCH3 is 1. The Labute approximate surface area is 194 Å². The highest BCUT2D eigenvalue weighted by Gasteiger charge is 2.24. The van der Waals surface area contributed by atoms with E-state index in [1.54, 1.807) is 44.2 Å². The first-order valence-electron chi connectivity index (χ1n) is 10.6. The summed E-state index contributed by atoms with van der Waals surface area (Å²) in [7, 11) is 1.31. The van der Waals surface area contributed by atoms with Crippen LogP contribution in [0.1, 0.15) is 31.8 Å². The number of nitrogens with zero attached hydrogens (tertiary/aromatic N) is 1. The van der Waals surface area contributed by atoms with Crippen molar-refractivity contribution >= 4 is 33.7 Å². The van der Waals surface area contributed by atoms with Gasteiger partial charge in [-0.1, -0.05) is 0 Å². The molecule has 0 unspecified atom stereocenters. The maximum atomic E-state index is 13.6. The lowest BCUT2D eigenvalue weighted by Gasteiger charge is -2.20. The summed E-state index contributed by atoms with van der Waals surface area (Å²) in [6, 6.07) is 11.3. The van der Waals surface area contributed by atoms with Gasteiger partial charge in [0.15, 0.2) is 11.5 Å². The zero-order valence-electron chi connectivity index (χ0n) is 18.8. The summed E-state index contributed by atoms with van der Waals surface area (Å²) in [4.78, 5) is 30.2. The van der Waals surface area contributed by atoms with Crippen LogP contribution in [0.5, 0.6) is 23.0 Å². The molecule has 3 aromatic carbocycles. The third-order valence-corrected chi connectivity index (χ3v) is 5.70. The van der Waals surface area contributed by atoms with Gasteiger partial charge in [0.05, 0.1) is 29.3 Å². The average Bonchev–Trinajstić information content (AvgIpc) is 2.82. The molecule has 5 rings (SSSR count). The van der Waals surface area contributed by atoms with Gasteiger partial charge in [0, 0.05) is 16.8 Å². The number of ether oxygens (including phenoxy) is 4. The zero-order chi connectivity index (χ0) is 24.0. The lowest BCUT2D eigenvalue weighted by atomic mass is 10.0. The van der Waals surface area contributed by atoms with Crippen molar-refractivity contribution in [2.24, 2.45) is 0 Å². The van der Waals surface area contributed by atoms with Crippen molar-refractivity contribution in [1.29, 1.82) is 0 Å². The van der Waals surface area contributed by atoms with E-state index in [9.17, 15) is 14.7 Å². The van der Waals surface area contributed by atoms with Crippen molar-refractivity contribution in [2.75, 3.05) is 20.3 Å². The van der Waals surface area contributed by atoms with Crippen LogP contribution in [0.4, 0.5) is 0 Å². The fourth-order valence-electron chi connectivity index (χ4n) is 4.18. The van der Waals surface area contributed by atoms with Crippen LogP contribution in [0.25, 0.3) is 21.8 Å². The molecule has 0 atom stereocenters. The van der Waals surface area contributed by atoms with Gasteiger partial charge in [-0.25, -0.2) is 14.6 Å². The molecule has 1 aliphatic heterocycles. The molecule has 1 N–H and O–H groups in total. The summed E-state index contributed by atoms with van der Waals surface area (Å²) in [6.07, 6.45) is 0. The topological polar surface area (TPSA) is 104 Å². The smallest absolute Gasteiger partial charge is 0.344 e. The fourth-order valence-corrected chi connectivity index (χ4v) is 4.18. The Hall–Kier alpha value is -4.33. The Bertz CT molecular complexity index is 1470. The summed E-state index contributed by atoms with van der Waals surface area (Å²) in [5.74, 6) is 0.288. The molecule has 34 heavy (non-hydrogen) atoms. The van der Waals surface area contributed by atoms with Crippen molar-refractivity contribution in [3.8, 4) is 23.0 Å². The van der Waals surface area contributed by atoms with Gasteiger partial charge >= 0.3 is 11.9 Å². The molecule has 1 aromatic heterocycles. The number of pyridine rings is 1. The van der Waals surface area contributed by atoms with Crippen LogP contribution in [-0.4, -0.2) is 42.4 Å². The lowest BCUT2D eigenvalue weighted by Crippen LogP contribution is -2.16. The second-order valence-electron chi connectivity index (χ2n) is 8.02. The maximum Gasteiger partial charge on any atom is 0.344 e. The van der Waals surface area contributed by atoms with Gasteiger partial charge < -0.3 is 24.1 Å². The van der Waals surface area contributed by atoms with E-state index >= 15 is 0 Å². The average molecular weight is 459 g/mol. The van der Waals surface area contributed by atoms with Crippen LogP contribution in [-0.2, 0) is 4.74 Å².